The maximum atomic E-state index is 13.1. The van der Waals surface area contributed by atoms with Crippen LogP contribution in [0.15, 0.2) is 64.5 Å². The number of amides is 1. The molecule has 38 heavy (non-hydrogen) atoms. The van der Waals surface area contributed by atoms with Crippen LogP contribution in [0.1, 0.15) is 56.6 Å². The predicted octanol–water partition coefficient (Wildman–Crippen LogP) is 6.26. The van der Waals surface area contributed by atoms with Crippen LogP contribution in [0.2, 0.25) is 0 Å². The van der Waals surface area contributed by atoms with Crippen LogP contribution < -0.4 is 15.4 Å². The van der Waals surface area contributed by atoms with E-state index < -0.39 is 6.61 Å². The summed E-state index contributed by atoms with van der Waals surface area (Å²) in [5.74, 6) is 3.10. The van der Waals surface area contributed by atoms with Gasteiger partial charge in [-0.2, -0.15) is 8.78 Å². The second kappa shape index (κ2) is 11.9. The van der Waals surface area contributed by atoms with E-state index in [1.807, 2.05) is 23.9 Å². The monoisotopic (exact) mass is 539 g/mol. The van der Waals surface area contributed by atoms with Crippen LogP contribution in [0.25, 0.3) is 5.57 Å². The summed E-state index contributed by atoms with van der Waals surface area (Å²) in [4.78, 5) is 18.2. The number of nitrogens with one attached hydrogen (secondary N) is 2. The molecule has 1 saturated carbocycles. The Labute approximate surface area is 227 Å². The highest BCUT2D eigenvalue weighted by molar-refractivity contribution is 7.99. The zero-order valence-corrected chi connectivity index (χ0v) is 22.6. The van der Waals surface area contributed by atoms with Gasteiger partial charge in [-0.15, -0.1) is 11.8 Å². The highest BCUT2D eigenvalue weighted by atomic mass is 32.2. The smallest absolute Gasteiger partial charge is 0.387 e. The fraction of sp³-hybridized carbons (Fsp3) is 0.467. The van der Waals surface area contributed by atoms with Crippen LogP contribution in [0.3, 0.4) is 0 Å². The molecule has 2 aliphatic carbocycles. The highest BCUT2D eigenvalue weighted by Gasteiger charge is 2.38. The lowest BCUT2D eigenvalue weighted by molar-refractivity contribution is -0.118. The predicted molar refractivity (Wildman–Crippen MR) is 149 cm³/mol. The normalized spacial score (nSPS) is 23.2. The standard InChI is InChI=1S/C30H35F2N3O2S/c1-3-20-14-26-27(15-24(20)23-6-4-5-7-28(23)37-30(31)32)35-29(34-26)25(16-33-18(2)36)21-10-12-22(13-11-21)38-17-19-8-9-19/h4-7,10-13,15,19-20,25-27,30H,3,8-9,14,16-17H2,1-2H3,(H,33,36)(H,34,35). The number of hydrogen-bond donors (Lipinski definition) is 2. The number of ether oxygens (including phenoxy) is 1. The molecule has 0 bridgehead atoms. The van der Waals surface area contributed by atoms with Gasteiger partial charge in [0, 0.05) is 29.7 Å². The van der Waals surface area contributed by atoms with Gasteiger partial charge >= 0.3 is 6.61 Å². The first-order valence-electron chi connectivity index (χ1n) is 13.5. The number of fused-ring (bicyclic) bond motifs is 1. The Balaban J connectivity index is 1.38. The highest BCUT2D eigenvalue weighted by Crippen LogP contribution is 2.42. The molecule has 1 fully saturated rings. The molecule has 0 saturated heterocycles. The van der Waals surface area contributed by atoms with Crippen LogP contribution in [-0.4, -0.2) is 42.7 Å². The average Bonchev–Trinajstić information content (AvgIpc) is 3.65. The fourth-order valence-electron chi connectivity index (χ4n) is 5.37. The van der Waals surface area contributed by atoms with Gasteiger partial charge in [0.2, 0.25) is 5.91 Å². The van der Waals surface area contributed by atoms with Crippen molar-refractivity contribution in [3.05, 3.63) is 65.7 Å². The lowest BCUT2D eigenvalue weighted by Gasteiger charge is -2.31. The third-order valence-electron chi connectivity index (χ3n) is 7.62. The molecular formula is C30H35F2N3O2S. The molecule has 1 aliphatic heterocycles. The van der Waals surface area contributed by atoms with E-state index in [0.29, 0.717) is 12.1 Å². The summed E-state index contributed by atoms with van der Waals surface area (Å²) < 4.78 is 31.0. The largest absolute Gasteiger partial charge is 0.434 e. The maximum Gasteiger partial charge on any atom is 0.387 e. The van der Waals surface area contributed by atoms with Crippen molar-refractivity contribution in [1.82, 2.24) is 10.6 Å². The van der Waals surface area contributed by atoms with E-state index in [0.717, 1.165) is 35.7 Å². The summed E-state index contributed by atoms with van der Waals surface area (Å²) in [6.07, 6.45) is 6.52. The number of thioether (sulfide) groups is 1. The van der Waals surface area contributed by atoms with Gasteiger partial charge in [0.15, 0.2) is 0 Å². The van der Waals surface area contributed by atoms with E-state index in [1.165, 1.54) is 30.4 Å². The minimum Gasteiger partial charge on any atom is -0.434 e. The number of amidine groups is 1. The van der Waals surface area contributed by atoms with Gasteiger partial charge in [0.05, 0.1) is 18.0 Å². The Bertz CT molecular complexity index is 1200. The van der Waals surface area contributed by atoms with Crippen LogP contribution in [0.5, 0.6) is 5.75 Å². The number of halogens is 2. The minimum atomic E-state index is -2.87. The van der Waals surface area contributed by atoms with Crippen molar-refractivity contribution >= 4 is 29.1 Å². The van der Waals surface area contributed by atoms with Gasteiger partial charge in [-0.1, -0.05) is 43.3 Å². The van der Waals surface area contributed by atoms with Gasteiger partial charge in [-0.25, -0.2) is 0 Å². The zero-order chi connectivity index (χ0) is 26.6. The van der Waals surface area contributed by atoms with Crippen LogP contribution in [0.4, 0.5) is 8.78 Å². The summed E-state index contributed by atoms with van der Waals surface area (Å²) in [6, 6.07) is 15.6. The van der Waals surface area contributed by atoms with E-state index >= 15 is 0 Å². The van der Waals surface area contributed by atoms with Crippen molar-refractivity contribution in [3.63, 3.8) is 0 Å². The molecule has 202 valence electrons. The molecule has 2 N–H and O–H groups in total. The lowest BCUT2D eigenvalue weighted by Crippen LogP contribution is -2.40. The summed E-state index contributed by atoms with van der Waals surface area (Å²) in [6.45, 7) is 1.22. The van der Waals surface area contributed by atoms with Crippen molar-refractivity contribution in [2.45, 2.75) is 69.0 Å². The first kappa shape index (κ1) is 26.7. The average molecular weight is 540 g/mol. The number of para-hydroxylation sites is 1. The van der Waals surface area contributed by atoms with E-state index in [2.05, 4.69) is 47.9 Å². The van der Waals surface area contributed by atoms with E-state index in [1.54, 1.807) is 12.1 Å². The van der Waals surface area contributed by atoms with Crippen molar-refractivity contribution in [2.75, 3.05) is 12.3 Å². The topological polar surface area (TPSA) is 62.7 Å². The van der Waals surface area contributed by atoms with Crippen molar-refractivity contribution in [2.24, 2.45) is 16.8 Å². The zero-order valence-electron chi connectivity index (χ0n) is 21.8. The summed E-state index contributed by atoms with van der Waals surface area (Å²) in [5.41, 5.74) is 2.83. The van der Waals surface area contributed by atoms with Gasteiger partial charge in [0.1, 0.15) is 11.6 Å². The second-order valence-electron chi connectivity index (χ2n) is 10.4. The molecule has 0 radical (unpaired) electrons. The Morgan fingerprint density at radius 2 is 1.95 bits per heavy atom. The summed E-state index contributed by atoms with van der Waals surface area (Å²) >= 11 is 1.90. The van der Waals surface area contributed by atoms with Gasteiger partial charge in [-0.05, 0) is 66.9 Å². The molecule has 0 spiro atoms. The molecule has 5 rings (SSSR count). The molecule has 5 nitrogen and oxygen atoms in total. The molecule has 8 heteroatoms. The molecule has 4 unspecified atom stereocenters. The Morgan fingerprint density at radius 3 is 2.63 bits per heavy atom. The Kier molecular flexibility index (Phi) is 8.36. The second-order valence-corrected chi connectivity index (χ2v) is 11.5. The maximum absolute atomic E-state index is 13.1. The lowest BCUT2D eigenvalue weighted by atomic mass is 9.78. The molecule has 0 aromatic heterocycles. The van der Waals surface area contributed by atoms with Crippen molar-refractivity contribution in [1.29, 1.82) is 0 Å². The van der Waals surface area contributed by atoms with Gasteiger partial charge in [0.25, 0.3) is 0 Å². The molecule has 3 aliphatic rings. The molecule has 2 aromatic carbocycles. The number of nitrogens with zero attached hydrogens (tertiary/aromatic N) is 1. The van der Waals surface area contributed by atoms with E-state index in [4.69, 9.17) is 9.73 Å². The quantitative estimate of drug-likeness (QED) is 0.331. The van der Waals surface area contributed by atoms with Crippen molar-refractivity contribution in [3.8, 4) is 5.75 Å². The fourth-order valence-corrected chi connectivity index (χ4v) is 6.46. The van der Waals surface area contributed by atoms with E-state index in [9.17, 15) is 13.6 Å². The Morgan fingerprint density at radius 1 is 1.18 bits per heavy atom. The Hall–Kier alpha value is -2.87. The van der Waals surface area contributed by atoms with E-state index in [-0.39, 0.29) is 35.6 Å². The number of rotatable bonds is 11. The van der Waals surface area contributed by atoms with Crippen LogP contribution >= 0.6 is 11.8 Å². The molecule has 4 atom stereocenters. The third-order valence-corrected chi connectivity index (χ3v) is 8.86. The molecule has 1 amide bonds. The number of carbonyl (C=O) groups excluding carboxylic acids is 1. The summed E-state index contributed by atoms with van der Waals surface area (Å²) in [7, 11) is 0. The molecule has 1 heterocycles. The number of hydrogen-bond acceptors (Lipinski definition) is 5. The first-order chi connectivity index (χ1) is 18.4. The number of allylic oxidation sites excluding steroid dienone is 1. The molecular weight excluding hydrogens is 504 g/mol. The third kappa shape index (κ3) is 6.40. The van der Waals surface area contributed by atoms with Gasteiger partial charge in [-0.3, -0.25) is 9.79 Å². The number of alkyl halides is 2. The van der Waals surface area contributed by atoms with Gasteiger partial charge < -0.3 is 15.4 Å². The minimum absolute atomic E-state index is 0.0457. The van der Waals surface area contributed by atoms with Crippen LogP contribution in [0, 0.1) is 11.8 Å². The van der Waals surface area contributed by atoms with Crippen molar-refractivity contribution < 1.29 is 18.3 Å². The SMILES string of the molecule is CCC1CC2N=C(C(CNC(C)=O)c3ccc(SCC4CC4)cc3)NC2C=C1c1ccccc1OC(F)F. The molecule has 2 aromatic rings. The number of aliphatic imine (C=N–C) groups is 1. The first-order valence-corrected chi connectivity index (χ1v) is 14.5. The number of benzene rings is 2. The summed E-state index contributed by atoms with van der Waals surface area (Å²) in [5, 5.41) is 6.59. The van der Waals surface area contributed by atoms with Crippen LogP contribution in [-0.2, 0) is 4.79 Å². The number of carbonyl (C=O) groups is 1.